The molecule has 5 atom stereocenters. The molecule has 63 heavy (non-hydrogen) atoms. The second-order valence-electron chi connectivity index (χ2n) is 15.9. The van der Waals surface area contributed by atoms with E-state index in [0.29, 0.717) is 43.6 Å². The monoisotopic (exact) mass is 886 g/mol. The Balaban J connectivity index is 1.28. The molecule has 1 saturated heterocycles. The molecule has 0 aliphatic carbocycles. The summed E-state index contributed by atoms with van der Waals surface area (Å²) in [6.45, 7) is 7.94. The normalized spacial score (nSPS) is 17.0. The van der Waals surface area contributed by atoms with Gasteiger partial charge in [0.05, 0.1) is 18.8 Å². The van der Waals surface area contributed by atoms with E-state index < -0.39 is 66.7 Å². The van der Waals surface area contributed by atoms with Crippen LogP contribution >= 0.6 is 7.60 Å². The fraction of sp³-hybridized carbons (Fsp3) is 0.375. The number of nitrogens with one attached hydrogen (secondary N) is 2. The first-order valence-corrected chi connectivity index (χ1v) is 22.8. The third kappa shape index (κ3) is 13.3. The second-order valence-corrected chi connectivity index (χ2v) is 17.8. The topological polar surface area (TPSA) is 166 Å². The molecular weight excluding hydrogens is 830 g/mol. The molecule has 1 heterocycles. The highest BCUT2D eigenvalue weighted by Gasteiger charge is 2.58. The van der Waals surface area contributed by atoms with Gasteiger partial charge in [0.25, 0.3) is 0 Å². The first-order chi connectivity index (χ1) is 30.1. The Kier molecular flexibility index (Phi) is 17.2. The van der Waals surface area contributed by atoms with Crippen molar-refractivity contribution in [1.82, 2.24) is 15.5 Å². The van der Waals surface area contributed by atoms with Gasteiger partial charge in [0.15, 0.2) is 0 Å². The number of alkyl halides is 2. The molecule has 336 valence electrons. The van der Waals surface area contributed by atoms with E-state index in [9.17, 15) is 23.7 Å². The number of likely N-dealkylation sites (tertiary alicyclic amines) is 1. The Hall–Kier alpha value is -5.85. The van der Waals surface area contributed by atoms with Crippen LogP contribution in [0.15, 0.2) is 121 Å². The number of amides is 4. The van der Waals surface area contributed by atoms with E-state index in [1.165, 1.54) is 47.4 Å². The van der Waals surface area contributed by atoms with Gasteiger partial charge in [0.2, 0.25) is 23.6 Å². The minimum Gasteiger partial charge on any atom is -0.412 e. The number of carbonyl (C=O) groups excluding carboxylic acids is 4. The van der Waals surface area contributed by atoms with E-state index in [2.05, 4.69) is 10.6 Å². The maximum atomic E-state index is 16.2. The maximum absolute atomic E-state index is 16.2. The Morgan fingerprint density at radius 2 is 1.44 bits per heavy atom. The predicted octanol–water partition coefficient (Wildman–Crippen LogP) is 8.76. The summed E-state index contributed by atoms with van der Waals surface area (Å²) in [4.78, 5) is 55.0. The highest BCUT2D eigenvalue weighted by atomic mass is 31.2. The zero-order valence-electron chi connectivity index (χ0n) is 36.1. The van der Waals surface area contributed by atoms with Crippen molar-refractivity contribution in [2.24, 2.45) is 11.7 Å². The number of rotatable bonds is 22. The Morgan fingerprint density at radius 3 is 2.00 bits per heavy atom. The molecule has 1 unspecified atom stereocenters. The molecule has 4 aromatic rings. The lowest BCUT2D eigenvalue weighted by Gasteiger charge is -2.31. The zero-order chi connectivity index (χ0) is 45.6. The molecule has 0 saturated carbocycles. The minimum atomic E-state index is -5.24. The second kappa shape index (κ2) is 22.5. The van der Waals surface area contributed by atoms with Gasteiger partial charge in [-0.1, -0.05) is 118 Å². The summed E-state index contributed by atoms with van der Waals surface area (Å²) in [7, 11) is -5.24. The summed E-state index contributed by atoms with van der Waals surface area (Å²) in [6.07, 6.45) is 3.13. The Bertz CT molecular complexity index is 2170. The molecule has 4 N–H and O–H groups in total. The number of para-hydroxylation sites is 2. The van der Waals surface area contributed by atoms with Crippen molar-refractivity contribution in [2.45, 2.75) is 103 Å². The van der Waals surface area contributed by atoms with Gasteiger partial charge < -0.3 is 35.1 Å². The first kappa shape index (κ1) is 48.2. The van der Waals surface area contributed by atoms with Crippen molar-refractivity contribution in [3.8, 4) is 11.5 Å². The number of nitrogens with zero attached hydrogens (tertiary/aromatic N) is 1. The van der Waals surface area contributed by atoms with Gasteiger partial charge in [-0.05, 0) is 80.0 Å². The SMILES string of the molecule is CCCCC(NC(=O)/C=C(\C)c1ccc(C(F)(F)P(=O)(Oc2ccccc2)Oc2ccccc2)cc1)C(=O)N1C[C@@H](C)C[C@H]1C(=O)N[C@@H](CCC(N)=O)[C@@H](C)OCc1ccccc1. The van der Waals surface area contributed by atoms with E-state index in [0.717, 1.165) is 24.1 Å². The number of hydrogen-bond donors (Lipinski definition) is 3. The summed E-state index contributed by atoms with van der Waals surface area (Å²) >= 11 is 0. The van der Waals surface area contributed by atoms with Gasteiger partial charge in [-0.25, -0.2) is 4.57 Å². The lowest BCUT2D eigenvalue weighted by Crippen LogP contribution is -2.55. The molecule has 1 fully saturated rings. The number of nitrogens with two attached hydrogens (primary N) is 1. The summed E-state index contributed by atoms with van der Waals surface area (Å²) in [5, 5.41) is 5.86. The molecule has 4 aromatic carbocycles. The lowest BCUT2D eigenvalue weighted by atomic mass is 10.0. The fourth-order valence-electron chi connectivity index (χ4n) is 7.28. The summed E-state index contributed by atoms with van der Waals surface area (Å²) < 4.78 is 63.4. The third-order valence-electron chi connectivity index (χ3n) is 10.8. The van der Waals surface area contributed by atoms with Crippen LogP contribution in [-0.2, 0) is 40.8 Å². The molecule has 0 radical (unpaired) electrons. The number of unbranched alkanes of at least 4 members (excludes halogenated alkanes) is 1. The van der Waals surface area contributed by atoms with Crippen molar-refractivity contribution in [2.75, 3.05) is 6.54 Å². The molecule has 0 spiro atoms. The van der Waals surface area contributed by atoms with Crippen molar-refractivity contribution < 1.29 is 46.3 Å². The summed E-state index contributed by atoms with van der Waals surface area (Å²) in [5.41, 5.74) is 2.51. The highest BCUT2D eigenvalue weighted by Crippen LogP contribution is 2.65. The molecular formula is C48H57F2N4O8P. The Morgan fingerprint density at radius 1 is 0.873 bits per heavy atom. The smallest absolute Gasteiger partial charge is 0.412 e. The standard InChI is InChI=1S/C48H57F2N4O8P/c1-5-6-22-42(47(58)54-31-33(2)29-43(54)46(57)53-41(27-28-44(51)55)35(4)60-32-36-16-10-7-11-17-36)52-45(56)30-34(3)37-23-25-38(26-24-37)48(49,50)63(59,61-39-18-12-8-13-19-39)62-40-20-14-9-15-21-40/h7-21,23-26,30,33,35,41-43H,5-6,22,27-29,31-32H2,1-4H3,(H2,51,55)(H,52,56)(H,53,57)/b34-30+/t33-,35+,41-,42?,43-/m0/s1. The van der Waals surface area contributed by atoms with Crippen molar-refractivity contribution in [1.29, 1.82) is 0 Å². The lowest BCUT2D eigenvalue weighted by molar-refractivity contribution is -0.141. The molecule has 0 aromatic heterocycles. The van der Waals surface area contributed by atoms with Crippen LogP contribution in [0.5, 0.6) is 11.5 Å². The van der Waals surface area contributed by atoms with Crippen LogP contribution in [0.3, 0.4) is 0 Å². The molecule has 1 aliphatic heterocycles. The van der Waals surface area contributed by atoms with Crippen LogP contribution < -0.4 is 25.4 Å². The minimum absolute atomic E-state index is 0.00996. The number of primary amides is 1. The van der Waals surface area contributed by atoms with Crippen molar-refractivity contribution in [3.05, 3.63) is 138 Å². The average Bonchev–Trinajstić information content (AvgIpc) is 3.67. The summed E-state index contributed by atoms with van der Waals surface area (Å²) in [6, 6.07) is 27.3. The van der Waals surface area contributed by atoms with Crippen LogP contribution in [0.25, 0.3) is 5.57 Å². The van der Waals surface area contributed by atoms with Crippen LogP contribution in [0, 0.1) is 5.92 Å². The van der Waals surface area contributed by atoms with Crippen LogP contribution in [0.1, 0.15) is 82.9 Å². The molecule has 0 bridgehead atoms. The van der Waals surface area contributed by atoms with Gasteiger partial charge >= 0.3 is 13.3 Å². The quantitative estimate of drug-likeness (QED) is 0.0521. The molecule has 15 heteroatoms. The number of carbonyl (C=O) groups is 4. The fourth-order valence-corrected chi connectivity index (χ4v) is 8.81. The van der Waals surface area contributed by atoms with Gasteiger partial charge in [-0.15, -0.1) is 0 Å². The van der Waals surface area contributed by atoms with E-state index >= 15 is 8.78 Å². The number of allylic oxidation sites excluding steroid dienone is 1. The van der Waals surface area contributed by atoms with E-state index in [-0.39, 0.29) is 30.3 Å². The largest absolute Gasteiger partial charge is 0.504 e. The summed E-state index contributed by atoms with van der Waals surface area (Å²) in [5.74, 6) is -2.03. The zero-order valence-corrected chi connectivity index (χ0v) is 37.0. The number of benzene rings is 4. The van der Waals surface area contributed by atoms with Gasteiger partial charge in [0.1, 0.15) is 23.6 Å². The predicted molar refractivity (Wildman–Crippen MR) is 238 cm³/mol. The van der Waals surface area contributed by atoms with Gasteiger partial charge in [-0.3, -0.25) is 19.2 Å². The molecule has 12 nitrogen and oxygen atoms in total. The van der Waals surface area contributed by atoms with E-state index in [4.69, 9.17) is 19.5 Å². The number of ether oxygens (including phenoxy) is 1. The Labute approximate surface area is 368 Å². The molecule has 5 rings (SSSR count). The van der Waals surface area contributed by atoms with Gasteiger partial charge in [0, 0.05) is 24.6 Å². The van der Waals surface area contributed by atoms with Crippen LogP contribution in [0.4, 0.5) is 8.78 Å². The van der Waals surface area contributed by atoms with E-state index in [1.807, 2.05) is 51.1 Å². The van der Waals surface area contributed by atoms with Crippen molar-refractivity contribution >= 4 is 36.8 Å². The van der Waals surface area contributed by atoms with Crippen LogP contribution in [-0.4, -0.2) is 59.3 Å². The van der Waals surface area contributed by atoms with Gasteiger partial charge in [-0.2, -0.15) is 8.78 Å². The van der Waals surface area contributed by atoms with Crippen LogP contribution in [0.2, 0.25) is 0 Å². The number of hydrogen-bond acceptors (Lipinski definition) is 8. The van der Waals surface area contributed by atoms with Crippen molar-refractivity contribution in [3.63, 3.8) is 0 Å². The third-order valence-corrected chi connectivity index (χ3v) is 12.7. The van der Waals surface area contributed by atoms with E-state index in [1.54, 1.807) is 43.3 Å². The first-order valence-electron chi connectivity index (χ1n) is 21.2. The molecule has 1 aliphatic rings. The number of halogens is 2. The average molecular weight is 887 g/mol. The highest BCUT2D eigenvalue weighted by molar-refractivity contribution is 7.55. The maximum Gasteiger partial charge on any atom is 0.504 e. The molecule has 4 amide bonds.